The van der Waals surface area contributed by atoms with Crippen molar-refractivity contribution in [1.82, 2.24) is 14.5 Å². The third-order valence-corrected chi connectivity index (χ3v) is 14.4. The molecular formula is C61H57N3OS. The van der Waals surface area contributed by atoms with Crippen LogP contribution in [0.5, 0.6) is 5.75 Å². The predicted octanol–water partition coefficient (Wildman–Crippen LogP) is 17.0. The SMILES string of the molecule is Cc1c(-c2ccccc2)sc2cc(-c3cccc4c3nc(-c3cc(C(C)(C)C)cc(C(C)(C)C)c3)n4-c3ccccc3-c3ccccc3)nc(-c3cc(C(C)(C)C)c4ccccc4c3O)c12. The molecule has 0 saturated heterocycles. The van der Waals surface area contributed by atoms with E-state index in [1.807, 2.05) is 12.1 Å². The molecule has 1 N–H and O–H groups in total. The summed E-state index contributed by atoms with van der Waals surface area (Å²) in [6.07, 6.45) is 0. The molecule has 0 amide bonds. The molecule has 10 aromatic rings. The van der Waals surface area contributed by atoms with Crippen LogP contribution in [0, 0.1) is 6.92 Å². The van der Waals surface area contributed by atoms with Crippen molar-refractivity contribution in [2.24, 2.45) is 0 Å². The van der Waals surface area contributed by atoms with Gasteiger partial charge >= 0.3 is 0 Å². The van der Waals surface area contributed by atoms with Crippen LogP contribution in [0.3, 0.4) is 0 Å². The predicted molar refractivity (Wildman–Crippen MR) is 281 cm³/mol. The van der Waals surface area contributed by atoms with Gasteiger partial charge in [-0.05, 0) is 98.3 Å². The van der Waals surface area contributed by atoms with E-state index in [1.54, 1.807) is 11.3 Å². The van der Waals surface area contributed by atoms with Crippen molar-refractivity contribution in [2.75, 3.05) is 0 Å². The van der Waals surface area contributed by atoms with Gasteiger partial charge in [0.2, 0.25) is 0 Å². The van der Waals surface area contributed by atoms with Crippen molar-refractivity contribution in [3.05, 3.63) is 180 Å². The second-order valence-electron chi connectivity index (χ2n) is 20.9. The molecule has 5 heteroatoms. The smallest absolute Gasteiger partial charge is 0.145 e. The van der Waals surface area contributed by atoms with Crippen LogP contribution < -0.4 is 0 Å². The van der Waals surface area contributed by atoms with E-state index in [-0.39, 0.29) is 22.0 Å². The number of imidazole rings is 1. The molecule has 0 unspecified atom stereocenters. The fraction of sp³-hybridized carbons (Fsp3) is 0.213. The first-order chi connectivity index (χ1) is 31.5. The number of hydrogen-bond donors (Lipinski definition) is 1. The molecule has 0 fully saturated rings. The Hall–Kier alpha value is -6.82. The standard InChI is InChI=1S/C61H57N3OS/c1-37-53-52(66-57(37)39-24-15-12-16-25-39)36-49(62-55(53)47-35-48(61(8,9)10)44-27-17-18-28-45(44)56(47)65)46-29-21-31-51-54(46)63-58(40-32-41(59(2,3)4)34-42(33-40)60(5,6)7)64(51)50-30-20-19-26-43(50)38-22-13-11-14-23-38/h11-36,65H,1-10H3. The maximum atomic E-state index is 12.4. The lowest BCUT2D eigenvalue weighted by Gasteiger charge is -2.26. The summed E-state index contributed by atoms with van der Waals surface area (Å²) in [5.41, 5.74) is 15.1. The Kier molecular flexibility index (Phi) is 10.4. The number of benzene rings is 7. The van der Waals surface area contributed by atoms with Crippen molar-refractivity contribution in [2.45, 2.75) is 85.5 Å². The quantitative estimate of drug-likeness (QED) is 0.181. The summed E-state index contributed by atoms with van der Waals surface area (Å²) in [4.78, 5) is 12.6. The van der Waals surface area contributed by atoms with Gasteiger partial charge in [0.25, 0.3) is 0 Å². The fourth-order valence-corrected chi connectivity index (χ4v) is 10.8. The summed E-state index contributed by atoms with van der Waals surface area (Å²) in [7, 11) is 0. The molecule has 0 radical (unpaired) electrons. The average Bonchev–Trinajstić information content (AvgIpc) is 3.86. The summed E-state index contributed by atoms with van der Waals surface area (Å²) in [5.74, 6) is 1.12. The monoisotopic (exact) mass is 879 g/mol. The molecule has 3 aromatic heterocycles. The summed E-state index contributed by atoms with van der Waals surface area (Å²) in [5, 5.41) is 15.3. The summed E-state index contributed by atoms with van der Waals surface area (Å²) >= 11 is 1.78. The van der Waals surface area contributed by atoms with Crippen molar-refractivity contribution in [3.8, 4) is 66.9 Å². The molecule has 3 heterocycles. The number of aryl methyl sites for hydroxylation is 1. The summed E-state index contributed by atoms with van der Waals surface area (Å²) in [6.45, 7) is 22.7. The molecule has 4 nitrogen and oxygen atoms in total. The van der Waals surface area contributed by atoms with E-state index in [1.165, 1.54) is 16.0 Å². The average molecular weight is 880 g/mol. The van der Waals surface area contributed by atoms with Crippen LogP contribution >= 0.6 is 11.3 Å². The van der Waals surface area contributed by atoms with Crippen molar-refractivity contribution in [3.63, 3.8) is 0 Å². The maximum Gasteiger partial charge on any atom is 0.145 e. The van der Waals surface area contributed by atoms with E-state index < -0.39 is 0 Å². The van der Waals surface area contributed by atoms with Crippen LogP contribution in [0.1, 0.15) is 84.6 Å². The molecule has 0 aliphatic rings. The second kappa shape index (κ2) is 16.0. The maximum absolute atomic E-state index is 12.4. The highest BCUT2D eigenvalue weighted by molar-refractivity contribution is 7.22. The number of para-hydroxylation sites is 2. The molecule has 0 saturated carbocycles. The molecule has 10 rings (SSSR count). The number of thiophene rings is 1. The molecule has 0 atom stereocenters. The Bertz CT molecular complexity index is 3450. The highest BCUT2D eigenvalue weighted by Gasteiger charge is 2.28. The highest BCUT2D eigenvalue weighted by Crippen LogP contribution is 2.49. The summed E-state index contributed by atoms with van der Waals surface area (Å²) < 4.78 is 3.47. The highest BCUT2D eigenvalue weighted by atomic mass is 32.1. The largest absolute Gasteiger partial charge is 0.507 e. The Morgan fingerprint density at radius 1 is 0.515 bits per heavy atom. The van der Waals surface area contributed by atoms with E-state index in [0.717, 1.165) is 99.3 Å². The number of fused-ring (bicyclic) bond motifs is 3. The van der Waals surface area contributed by atoms with Crippen LogP contribution in [0.4, 0.5) is 0 Å². The van der Waals surface area contributed by atoms with E-state index in [9.17, 15) is 5.11 Å². The van der Waals surface area contributed by atoms with Crippen molar-refractivity contribution >= 4 is 43.2 Å². The van der Waals surface area contributed by atoms with Gasteiger partial charge in [-0.3, -0.25) is 4.57 Å². The molecule has 66 heavy (non-hydrogen) atoms. The van der Waals surface area contributed by atoms with Crippen molar-refractivity contribution < 1.29 is 5.11 Å². The Morgan fingerprint density at radius 3 is 1.76 bits per heavy atom. The first-order valence-electron chi connectivity index (χ1n) is 23.1. The van der Waals surface area contributed by atoms with E-state index in [2.05, 4.69) is 219 Å². The minimum absolute atomic E-state index is 0.0890. The van der Waals surface area contributed by atoms with Gasteiger partial charge in [-0.1, -0.05) is 184 Å². The minimum atomic E-state index is -0.195. The van der Waals surface area contributed by atoms with Gasteiger partial charge in [0.1, 0.15) is 11.6 Å². The zero-order chi connectivity index (χ0) is 46.3. The Balaban J connectivity index is 1.31. The number of hydrogen-bond acceptors (Lipinski definition) is 4. The number of phenolic OH excluding ortho intramolecular Hbond substituents is 1. The second-order valence-corrected chi connectivity index (χ2v) is 21.9. The summed E-state index contributed by atoms with van der Waals surface area (Å²) in [6, 6.07) is 56.1. The fourth-order valence-electron chi connectivity index (χ4n) is 9.52. The minimum Gasteiger partial charge on any atom is -0.507 e. The first-order valence-corrected chi connectivity index (χ1v) is 23.9. The van der Waals surface area contributed by atoms with E-state index in [4.69, 9.17) is 9.97 Å². The molecule has 0 aliphatic carbocycles. The molecule has 0 bridgehead atoms. The van der Waals surface area contributed by atoms with Crippen LogP contribution in [-0.2, 0) is 16.2 Å². The third-order valence-electron chi connectivity index (χ3n) is 13.1. The first kappa shape index (κ1) is 43.1. The molecule has 0 spiro atoms. The Morgan fingerprint density at radius 2 is 1.11 bits per heavy atom. The molecular weight excluding hydrogens is 823 g/mol. The number of aromatic nitrogens is 3. The third kappa shape index (κ3) is 7.49. The number of nitrogens with zero attached hydrogens (tertiary/aromatic N) is 3. The number of phenols is 1. The van der Waals surface area contributed by atoms with Crippen molar-refractivity contribution in [1.29, 1.82) is 0 Å². The lowest BCUT2D eigenvalue weighted by Crippen LogP contribution is -2.17. The zero-order valence-electron chi connectivity index (χ0n) is 39.7. The Labute approximate surface area is 393 Å². The van der Waals surface area contributed by atoms with Crippen LogP contribution in [-0.4, -0.2) is 19.6 Å². The van der Waals surface area contributed by atoms with E-state index in [0.29, 0.717) is 0 Å². The molecule has 0 aliphatic heterocycles. The van der Waals surface area contributed by atoms with Gasteiger partial charge in [-0.25, -0.2) is 9.97 Å². The van der Waals surface area contributed by atoms with Gasteiger partial charge in [0.15, 0.2) is 0 Å². The van der Waals surface area contributed by atoms with Gasteiger partial charge < -0.3 is 5.11 Å². The molecule has 328 valence electrons. The lowest BCUT2D eigenvalue weighted by molar-refractivity contribution is 0.482. The van der Waals surface area contributed by atoms with E-state index >= 15 is 0 Å². The van der Waals surface area contributed by atoms with Gasteiger partial charge in [-0.2, -0.15) is 0 Å². The van der Waals surface area contributed by atoms with Crippen LogP contribution in [0.25, 0.3) is 93.0 Å². The lowest BCUT2D eigenvalue weighted by atomic mass is 9.79. The number of rotatable bonds is 6. The normalized spacial score (nSPS) is 12.5. The van der Waals surface area contributed by atoms with Gasteiger partial charge in [-0.15, -0.1) is 11.3 Å². The van der Waals surface area contributed by atoms with Gasteiger partial charge in [0, 0.05) is 42.6 Å². The number of pyridine rings is 1. The van der Waals surface area contributed by atoms with Crippen LogP contribution in [0.2, 0.25) is 0 Å². The topological polar surface area (TPSA) is 50.9 Å². The zero-order valence-corrected chi connectivity index (χ0v) is 40.5. The molecule has 7 aromatic carbocycles. The van der Waals surface area contributed by atoms with Gasteiger partial charge in [0.05, 0.1) is 28.1 Å². The number of aromatic hydroxyl groups is 1. The van der Waals surface area contributed by atoms with Crippen LogP contribution in [0.15, 0.2) is 158 Å².